The highest BCUT2D eigenvalue weighted by atomic mass is 35.6. The van der Waals surface area contributed by atoms with E-state index in [9.17, 15) is 35.1 Å². The maximum Gasteiger partial charge on any atom is 0.375 e. The lowest BCUT2D eigenvalue weighted by Crippen LogP contribution is -2.67. The number of halogens is 14. The summed E-state index contributed by atoms with van der Waals surface area (Å²) in [5, 5.41) is -17.5. The van der Waals surface area contributed by atoms with E-state index in [1.807, 2.05) is 0 Å². The minimum atomic E-state index is -6.47. The SMILES string of the molecule is FC(F)(Cl)[C@@](F)(Cl)C(F)(F)[C@](F)(Cl)C(F)(F)C(Cl)(Cl)Cl. The number of rotatable bonds is 4. The van der Waals surface area contributed by atoms with Crippen molar-refractivity contribution < 1.29 is 35.1 Å². The minimum Gasteiger partial charge on any atom is -0.212 e. The van der Waals surface area contributed by atoms with Gasteiger partial charge in [-0.05, 0) is 11.6 Å². The zero-order valence-corrected chi connectivity index (χ0v) is 12.8. The summed E-state index contributed by atoms with van der Waals surface area (Å²) >= 11 is 25.7. The highest BCUT2D eigenvalue weighted by Crippen LogP contribution is 2.63. The van der Waals surface area contributed by atoms with E-state index in [0.717, 1.165) is 0 Å². The van der Waals surface area contributed by atoms with E-state index in [4.69, 9.17) is 0 Å². The van der Waals surface area contributed by atoms with E-state index in [1.165, 1.54) is 0 Å². The zero-order valence-electron chi connectivity index (χ0n) is 8.29. The Bertz CT molecular complexity index is 333. The Balaban J connectivity index is 6.08. The van der Waals surface area contributed by atoms with Gasteiger partial charge in [-0.15, -0.1) is 0 Å². The number of hydrogen-bond donors (Lipinski definition) is 0. The molecule has 0 nitrogen and oxygen atoms in total. The fraction of sp³-hybridized carbons (Fsp3) is 1.00. The largest absolute Gasteiger partial charge is 0.375 e. The molecule has 20 heavy (non-hydrogen) atoms. The Morgan fingerprint density at radius 1 is 0.450 bits per heavy atom. The first-order valence-corrected chi connectivity index (χ1v) is 6.16. The third-order valence-electron chi connectivity index (χ3n) is 1.90. The Hall–Kier alpha value is 1.18. The summed E-state index contributed by atoms with van der Waals surface area (Å²) in [4.78, 5) is 0. The van der Waals surface area contributed by atoms with Crippen LogP contribution in [0.1, 0.15) is 0 Å². The van der Waals surface area contributed by atoms with Crippen LogP contribution in [0.5, 0.6) is 0 Å². The van der Waals surface area contributed by atoms with Gasteiger partial charge in [-0.25, -0.2) is 8.78 Å². The fourth-order valence-electron chi connectivity index (χ4n) is 0.750. The van der Waals surface area contributed by atoms with Crippen LogP contribution in [0.15, 0.2) is 0 Å². The van der Waals surface area contributed by atoms with Crippen LogP contribution in [0.2, 0.25) is 0 Å². The quantitative estimate of drug-likeness (QED) is 0.360. The van der Waals surface area contributed by atoms with E-state index >= 15 is 0 Å². The van der Waals surface area contributed by atoms with Crippen LogP contribution in [0.3, 0.4) is 0 Å². The fourth-order valence-corrected chi connectivity index (χ4v) is 1.86. The summed E-state index contributed by atoms with van der Waals surface area (Å²) in [6.45, 7) is 0. The third-order valence-corrected chi connectivity index (χ3v) is 3.91. The minimum absolute atomic E-state index is 3.89. The predicted octanol–water partition coefficient (Wildman–Crippen LogP) is 6.27. The molecular formula is C6Cl6F8. The molecule has 0 rings (SSSR count). The van der Waals surface area contributed by atoms with Gasteiger partial charge >= 0.3 is 27.5 Å². The zero-order chi connectivity index (χ0) is 17.0. The first-order chi connectivity index (χ1) is 8.25. The van der Waals surface area contributed by atoms with E-state index in [1.54, 1.807) is 0 Å². The molecule has 0 saturated heterocycles. The molecule has 0 aliphatic heterocycles. The summed E-state index contributed by atoms with van der Waals surface area (Å²) in [7, 11) is 0. The Kier molecular flexibility index (Phi) is 5.69. The average Bonchev–Trinajstić information content (AvgIpc) is 2.12. The van der Waals surface area contributed by atoms with E-state index in [-0.39, 0.29) is 0 Å². The van der Waals surface area contributed by atoms with Crippen LogP contribution in [-0.4, -0.2) is 31.3 Å². The molecule has 0 aliphatic rings. The van der Waals surface area contributed by atoms with Crippen LogP contribution in [0.25, 0.3) is 0 Å². The molecule has 0 aliphatic carbocycles. The monoisotopic (exact) mass is 434 g/mol. The van der Waals surface area contributed by atoms with Crippen LogP contribution in [-0.2, 0) is 0 Å². The molecule has 0 heterocycles. The Labute approximate surface area is 136 Å². The normalized spacial score (nSPS) is 21.3. The van der Waals surface area contributed by atoms with E-state index in [2.05, 4.69) is 69.6 Å². The molecule has 0 aromatic carbocycles. The predicted molar refractivity (Wildman–Crippen MR) is 60.4 cm³/mol. The molecule has 0 aromatic rings. The molecule has 0 saturated carbocycles. The van der Waals surface area contributed by atoms with Crippen LogP contribution in [0.4, 0.5) is 35.1 Å². The highest BCUT2D eigenvalue weighted by molar-refractivity contribution is 6.68. The lowest BCUT2D eigenvalue weighted by molar-refractivity contribution is -0.264. The molecule has 0 radical (unpaired) electrons. The lowest BCUT2D eigenvalue weighted by Gasteiger charge is -2.41. The molecule has 0 bridgehead atoms. The van der Waals surface area contributed by atoms with Crippen LogP contribution < -0.4 is 0 Å². The second-order valence-electron chi connectivity index (χ2n) is 3.29. The van der Waals surface area contributed by atoms with Gasteiger partial charge in [0.05, 0.1) is 0 Å². The van der Waals surface area contributed by atoms with Gasteiger partial charge in [0.25, 0.3) is 3.79 Å². The molecule has 0 amide bonds. The van der Waals surface area contributed by atoms with Crippen LogP contribution >= 0.6 is 69.6 Å². The van der Waals surface area contributed by atoms with Crippen LogP contribution in [0, 0.1) is 0 Å². The average molecular weight is 437 g/mol. The second kappa shape index (κ2) is 5.37. The standard InChI is InChI=1S/C6Cl6F8/c7-1(13,4(17,18)5(9,10)11)3(15,16)2(8,14)6(12,19)20/t1-,2-/m1/s1. The van der Waals surface area contributed by atoms with Crippen molar-refractivity contribution in [3.8, 4) is 0 Å². The summed E-state index contributed by atoms with van der Waals surface area (Å²) in [6.07, 6.45) is 0. The molecule has 122 valence electrons. The van der Waals surface area contributed by atoms with Crippen molar-refractivity contribution in [3.63, 3.8) is 0 Å². The van der Waals surface area contributed by atoms with E-state index < -0.39 is 31.3 Å². The summed E-state index contributed by atoms with van der Waals surface area (Å²) in [5.41, 5.74) is 0. The molecule has 0 aromatic heterocycles. The van der Waals surface area contributed by atoms with Crippen molar-refractivity contribution in [2.45, 2.75) is 31.3 Å². The molecule has 2 atom stereocenters. The van der Waals surface area contributed by atoms with Gasteiger partial charge < -0.3 is 0 Å². The van der Waals surface area contributed by atoms with Crippen molar-refractivity contribution >= 4 is 69.6 Å². The molecular weight excluding hydrogens is 437 g/mol. The van der Waals surface area contributed by atoms with Gasteiger partial charge in [0.1, 0.15) is 0 Å². The van der Waals surface area contributed by atoms with E-state index in [0.29, 0.717) is 0 Å². The smallest absolute Gasteiger partial charge is 0.212 e. The van der Waals surface area contributed by atoms with Crippen molar-refractivity contribution in [3.05, 3.63) is 0 Å². The van der Waals surface area contributed by atoms with Crippen molar-refractivity contribution in [2.24, 2.45) is 0 Å². The summed E-state index contributed by atoms with van der Waals surface area (Å²) in [5.74, 6) is -12.3. The van der Waals surface area contributed by atoms with Crippen molar-refractivity contribution in [1.82, 2.24) is 0 Å². The topological polar surface area (TPSA) is 0 Å². The molecule has 0 spiro atoms. The molecule has 0 unspecified atom stereocenters. The first kappa shape index (κ1) is 21.2. The maximum absolute atomic E-state index is 13.5. The summed E-state index contributed by atoms with van der Waals surface area (Å²) < 4.78 is 100. The number of hydrogen-bond acceptors (Lipinski definition) is 0. The molecule has 14 heteroatoms. The van der Waals surface area contributed by atoms with Gasteiger partial charge in [0.15, 0.2) is 0 Å². The maximum atomic E-state index is 13.5. The van der Waals surface area contributed by atoms with Crippen molar-refractivity contribution in [1.29, 1.82) is 0 Å². The Morgan fingerprint density at radius 2 is 0.750 bits per heavy atom. The van der Waals surface area contributed by atoms with Gasteiger partial charge in [0, 0.05) is 0 Å². The third kappa shape index (κ3) is 2.97. The van der Waals surface area contributed by atoms with Gasteiger partial charge in [-0.1, -0.05) is 58.0 Å². The van der Waals surface area contributed by atoms with Gasteiger partial charge in [0.2, 0.25) is 0 Å². The molecule has 0 fully saturated rings. The summed E-state index contributed by atoms with van der Waals surface area (Å²) in [6, 6.07) is 0. The highest BCUT2D eigenvalue weighted by Gasteiger charge is 2.86. The molecule has 0 N–H and O–H groups in total. The number of alkyl halides is 14. The first-order valence-electron chi connectivity index (χ1n) is 3.90. The van der Waals surface area contributed by atoms with Gasteiger partial charge in [-0.3, -0.25) is 0 Å². The lowest BCUT2D eigenvalue weighted by atomic mass is 10.0. The van der Waals surface area contributed by atoms with Gasteiger partial charge in [-0.2, -0.15) is 26.3 Å². The Morgan fingerprint density at radius 3 is 0.950 bits per heavy atom. The van der Waals surface area contributed by atoms with Crippen molar-refractivity contribution in [2.75, 3.05) is 0 Å². The second-order valence-corrected chi connectivity index (χ2v) is 7.09.